The lowest BCUT2D eigenvalue weighted by atomic mass is 9.93. The van der Waals surface area contributed by atoms with E-state index in [4.69, 9.17) is 11.6 Å². The molecule has 1 amide bonds. The number of hydrogen-bond acceptors (Lipinski definition) is 1. The van der Waals surface area contributed by atoms with Crippen molar-refractivity contribution in [3.63, 3.8) is 0 Å². The van der Waals surface area contributed by atoms with Crippen LogP contribution in [-0.4, -0.2) is 24.4 Å². The summed E-state index contributed by atoms with van der Waals surface area (Å²) in [5.74, 6) is 0.478. The van der Waals surface area contributed by atoms with Crippen molar-refractivity contribution in [3.05, 3.63) is 33.8 Å². The van der Waals surface area contributed by atoms with Gasteiger partial charge in [-0.15, -0.1) is 0 Å². The molecule has 1 aliphatic heterocycles. The molecule has 1 aromatic rings. The molecule has 0 spiro atoms. The Labute approximate surface area is 101 Å². The van der Waals surface area contributed by atoms with Crippen molar-refractivity contribution in [3.8, 4) is 0 Å². The molecule has 86 valence electrons. The van der Waals surface area contributed by atoms with E-state index in [1.54, 1.807) is 4.90 Å². The zero-order valence-corrected chi connectivity index (χ0v) is 10.6. The van der Waals surface area contributed by atoms with E-state index in [9.17, 15) is 4.79 Å². The second-order valence-electron chi connectivity index (χ2n) is 4.66. The molecule has 1 aliphatic rings. The summed E-state index contributed by atoms with van der Waals surface area (Å²) < 4.78 is 0. The Hall–Kier alpha value is -1.02. The zero-order valence-electron chi connectivity index (χ0n) is 9.88. The van der Waals surface area contributed by atoms with Gasteiger partial charge in [0.2, 0.25) is 0 Å². The van der Waals surface area contributed by atoms with Crippen LogP contribution in [0.15, 0.2) is 12.1 Å². The number of halogens is 1. The van der Waals surface area contributed by atoms with Crippen LogP contribution in [0.3, 0.4) is 0 Å². The molecule has 0 N–H and O–H groups in total. The fraction of sp³-hybridized carbons (Fsp3) is 0.462. The van der Waals surface area contributed by atoms with E-state index < -0.39 is 0 Å². The summed E-state index contributed by atoms with van der Waals surface area (Å²) >= 11 is 6.20. The van der Waals surface area contributed by atoms with E-state index in [2.05, 4.69) is 19.9 Å². The molecule has 0 saturated carbocycles. The van der Waals surface area contributed by atoms with E-state index in [1.807, 2.05) is 13.1 Å². The van der Waals surface area contributed by atoms with Crippen LogP contribution in [0.2, 0.25) is 5.02 Å². The molecule has 3 heteroatoms. The van der Waals surface area contributed by atoms with Crippen molar-refractivity contribution < 1.29 is 4.79 Å². The highest BCUT2D eigenvalue weighted by Crippen LogP contribution is 2.30. The lowest BCUT2D eigenvalue weighted by molar-refractivity contribution is 0.0781. The van der Waals surface area contributed by atoms with Crippen molar-refractivity contribution in [1.29, 1.82) is 0 Å². The first kappa shape index (κ1) is 11.5. The van der Waals surface area contributed by atoms with Gasteiger partial charge in [0.05, 0.1) is 0 Å². The third-order valence-corrected chi connectivity index (χ3v) is 3.47. The Balaban J connectivity index is 2.52. The van der Waals surface area contributed by atoms with Crippen LogP contribution in [0, 0.1) is 0 Å². The van der Waals surface area contributed by atoms with Gasteiger partial charge in [-0.25, -0.2) is 0 Å². The number of benzene rings is 1. The summed E-state index contributed by atoms with van der Waals surface area (Å²) in [5.41, 5.74) is 3.04. The van der Waals surface area contributed by atoms with Gasteiger partial charge >= 0.3 is 0 Å². The second kappa shape index (κ2) is 4.10. The fourth-order valence-electron chi connectivity index (χ4n) is 2.08. The summed E-state index contributed by atoms with van der Waals surface area (Å²) in [6.07, 6.45) is 0.925. The van der Waals surface area contributed by atoms with Crippen LogP contribution >= 0.6 is 11.6 Å². The van der Waals surface area contributed by atoms with Gasteiger partial charge in [0.1, 0.15) is 0 Å². The standard InChI is InChI=1S/C13H16ClNO/c1-8(2)10-6-9-4-5-15(3)13(16)11(9)7-12(10)14/h6-8H,4-5H2,1-3H3. The summed E-state index contributed by atoms with van der Waals surface area (Å²) in [6, 6.07) is 3.91. The molecular formula is C13H16ClNO. The predicted molar refractivity (Wildman–Crippen MR) is 66.2 cm³/mol. The SMILES string of the molecule is CC(C)c1cc2c(cc1Cl)C(=O)N(C)CC2. The Bertz CT molecular complexity index is 440. The molecule has 0 aliphatic carbocycles. The third kappa shape index (κ3) is 1.82. The maximum atomic E-state index is 11.9. The lowest BCUT2D eigenvalue weighted by Gasteiger charge is -2.26. The van der Waals surface area contributed by atoms with Gasteiger partial charge in [-0.05, 0) is 29.5 Å². The van der Waals surface area contributed by atoms with Crippen LogP contribution in [0.5, 0.6) is 0 Å². The van der Waals surface area contributed by atoms with Crippen molar-refractivity contribution in [2.24, 2.45) is 0 Å². The van der Waals surface area contributed by atoms with E-state index in [1.165, 1.54) is 0 Å². The third-order valence-electron chi connectivity index (χ3n) is 3.14. The molecular weight excluding hydrogens is 222 g/mol. The molecule has 0 fully saturated rings. The number of rotatable bonds is 1. The first-order chi connectivity index (χ1) is 7.50. The summed E-state index contributed by atoms with van der Waals surface area (Å²) in [6.45, 7) is 5.03. The number of likely N-dealkylation sites (N-methyl/N-ethyl adjacent to an activating group) is 1. The van der Waals surface area contributed by atoms with Gasteiger partial charge in [-0.3, -0.25) is 4.79 Å². The number of hydrogen-bond donors (Lipinski definition) is 0. The number of fused-ring (bicyclic) bond motifs is 1. The van der Waals surface area contributed by atoms with Gasteiger partial charge in [0.15, 0.2) is 0 Å². The second-order valence-corrected chi connectivity index (χ2v) is 5.07. The maximum Gasteiger partial charge on any atom is 0.253 e. The molecule has 16 heavy (non-hydrogen) atoms. The molecule has 0 atom stereocenters. The van der Waals surface area contributed by atoms with Gasteiger partial charge < -0.3 is 4.90 Å². The van der Waals surface area contributed by atoms with Gasteiger partial charge in [-0.2, -0.15) is 0 Å². The summed E-state index contributed by atoms with van der Waals surface area (Å²) in [7, 11) is 1.83. The highest BCUT2D eigenvalue weighted by molar-refractivity contribution is 6.31. The van der Waals surface area contributed by atoms with E-state index in [0.717, 1.165) is 29.7 Å². The maximum absolute atomic E-state index is 11.9. The minimum absolute atomic E-state index is 0.0819. The Morgan fingerprint density at radius 1 is 1.38 bits per heavy atom. The number of carbonyl (C=O) groups is 1. The highest BCUT2D eigenvalue weighted by atomic mass is 35.5. The highest BCUT2D eigenvalue weighted by Gasteiger charge is 2.23. The van der Waals surface area contributed by atoms with Gasteiger partial charge in [0.25, 0.3) is 5.91 Å². The largest absolute Gasteiger partial charge is 0.341 e. The van der Waals surface area contributed by atoms with Crippen LogP contribution in [0.4, 0.5) is 0 Å². The minimum atomic E-state index is 0.0819. The monoisotopic (exact) mass is 237 g/mol. The Morgan fingerprint density at radius 3 is 2.69 bits per heavy atom. The number of nitrogens with zero attached hydrogens (tertiary/aromatic N) is 1. The predicted octanol–water partition coefficient (Wildman–Crippen LogP) is 3.09. The van der Waals surface area contributed by atoms with Crippen molar-refractivity contribution in [1.82, 2.24) is 4.90 Å². The van der Waals surface area contributed by atoms with Gasteiger partial charge in [0, 0.05) is 24.2 Å². The first-order valence-electron chi connectivity index (χ1n) is 5.58. The lowest BCUT2D eigenvalue weighted by Crippen LogP contribution is -2.34. The summed E-state index contributed by atoms with van der Waals surface area (Å²) in [5, 5.41) is 0.706. The van der Waals surface area contributed by atoms with Gasteiger partial charge in [-0.1, -0.05) is 31.5 Å². The minimum Gasteiger partial charge on any atom is -0.341 e. The molecule has 1 heterocycles. The van der Waals surface area contributed by atoms with E-state index in [0.29, 0.717) is 10.9 Å². The average molecular weight is 238 g/mol. The molecule has 0 saturated heterocycles. The van der Waals surface area contributed by atoms with E-state index in [-0.39, 0.29) is 5.91 Å². The molecule has 0 unspecified atom stereocenters. The Morgan fingerprint density at radius 2 is 2.06 bits per heavy atom. The molecule has 0 aromatic heterocycles. The average Bonchev–Trinajstić information content (AvgIpc) is 2.23. The Kier molecular flexibility index (Phi) is 2.94. The molecule has 1 aromatic carbocycles. The van der Waals surface area contributed by atoms with Crippen LogP contribution < -0.4 is 0 Å². The van der Waals surface area contributed by atoms with E-state index >= 15 is 0 Å². The number of carbonyl (C=O) groups excluding carboxylic acids is 1. The topological polar surface area (TPSA) is 20.3 Å². The van der Waals surface area contributed by atoms with Crippen molar-refractivity contribution >= 4 is 17.5 Å². The van der Waals surface area contributed by atoms with Crippen LogP contribution in [0.1, 0.15) is 41.3 Å². The van der Waals surface area contributed by atoms with Crippen molar-refractivity contribution in [2.45, 2.75) is 26.2 Å². The molecule has 2 nitrogen and oxygen atoms in total. The summed E-state index contributed by atoms with van der Waals surface area (Å²) in [4.78, 5) is 13.7. The van der Waals surface area contributed by atoms with Crippen LogP contribution in [0.25, 0.3) is 0 Å². The molecule has 0 radical (unpaired) electrons. The van der Waals surface area contributed by atoms with Crippen LogP contribution in [-0.2, 0) is 6.42 Å². The van der Waals surface area contributed by atoms with Crippen molar-refractivity contribution in [2.75, 3.05) is 13.6 Å². The molecule has 2 rings (SSSR count). The molecule has 0 bridgehead atoms. The number of amides is 1. The normalized spacial score (nSPS) is 15.6. The fourth-order valence-corrected chi connectivity index (χ4v) is 2.46. The zero-order chi connectivity index (χ0) is 11.9. The quantitative estimate of drug-likeness (QED) is 0.735. The smallest absolute Gasteiger partial charge is 0.253 e. The first-order valence-corrected chi connectivity index (χ1v) is 5.96.